The fourth-order valence-corrected chi connectivity index (χ4v) is 3.27. The smallest absolute Gasteiger partial charge is 0.303 e. The van der Waals surface area contributed by atoms with Crippen molar-refractivity contribution in [2.24, 2.45) is 5.41 Å². The second-order valence-electron chi connectivity index (χ2n) is 6.77. The van der Waals surface area contributed by atoms with Crippen molar-refractivity contribution in [3.63, 3.8) is 0 Å². The van der Waals surface area contributed by atoms with Crippen molar-refractivity contribution in [2.75, 3.05) is 20.0 Å². The average molecular weight is 363 g/mol. The Hall–Kier alpha value is -2.32. The summed E-state index contributed by atoms with van der Waals surface area (Å²) in [5.41, 5.74) is 0.339. The van der Waals surface area contributed by atoms with E-state index in [0.717, 1.165) is 5.56 Å². The Morgan fingerprint density at radius 3 is 2.62 bits per heavy atom. The molecule has 0 saturated carbocycles. The van der Waals surface area contributed by atoms with Gasteiger partial charge in [-0.1, -0.05) is 19.1 Å². The third kappa shape index (κ3) is 4.25. The summed E-state index contributed by atoms with van der Waals surface area (Å²) >= 11 is 0. The second-order valence-corrected chi connectivity index (χ2v) is 6.77. The van der Waals surface area contributed by atoms with E-state index < -0.39 is 17.5 Å². The number of esters is 1. The van der Waals surface area contributed by atoms with Crippen LogP contribution in [0.5, 0.6) is 0 Å². The molecule has 1 aromatic carbocycles. The molecule has 0 bridgehead atoms. The Morgan fingerprint density at radius 2 is 2.04 bits per heavy atom. The molecule has 140 valence electrons. The van der Waals surface area contributed by atoms with Gasteiger partial charge in [0.05, 0.1) is 24.7 Å². The van der Waals surface area contributed by atoms with Gasteiger partial charge in [-0.2, -0.15) is 5.10 Å². The summed E-state index contributed by atoms with van der Waals surface area (Å²) in [6.45, 7) is 4.32. The summed E-state index contributed by atoms with van der Waals surface area (Å²) in [5, 5.41) is 4.24. The molecule has 0 aliphatic carbocycles. The third-order valence-corrected chi connectivity index (χ3v) is 4.49. The van der Waals surface area contributed by atoms with Gasteiger partial charge in [0, 0.05) is 6.92 Å². The van der Waals surface area contributed by atoms with Crippen LogP contribution in [0, 0.1) is 11.2 Å². The molecule has 1 aliphatic rings. The molecule has 0 spiro atoms. The zero-order valence-corrected chi connectivity index (χ0v) is 14.8. The topological polar surface area (TPSA) is 75.5 Å². The van der Waals surface area contributed by atoms with E-state index >= 15 is 0 Å². The molecule has 2 aromatic rings. The Balaban J connectivity index is 1.95. The van der Waals surface area contributed by atoms with Gasteiger partial charge in [-0.3, -0.25) is 4.79 Å². The largest absolute Gasteiger partial charge is 0.459 e. The number of nitrogens with zero attached hydrogens (tertiary/aromatic N) is 3. The number of halogens is 1. The van der Waals surface area contributed by atoms with Gasteiger partial charge in [0.2, 0.25) is 0 Å². The minimum Gasteiger partial charge on any atom is -0.459 e. The van der Waals surface area contributed by atoms with Crippen molar-refractivity contribution in [2.45, 2.75) is 32.4 Å². The fourth-order valence-electron chi connectivity index (χ4n) is 3.27. The summed E-state index contributed by atoms with van der Waals surface area (Å²) < 4.78 is 31.6. The van der Waals surface area contributed by atoms with Crippen molar-refractivity contribution in [1.29, 1.82) is 0 Å². The van der Waals surface area contributed by atoms with Gasteiger partial charge in [-0.15, -0.1) is 0 Å². The van der Waals surface area contributed by atoms with E-state index in [2.05, 4.69) is 10.1 Å². The fraction of sp³-hybridized carbons (Fsp3) is 0.500. The number of carbonyl (C=O) groups excluding carboxylic acids is 1. The van der Waals surface area contributed by atoms with Gasteiger partial charge in [0.1, 0.15) is 31.4 Å². The molecular formula is C18H22FN3O4. The lowest BCUT2D eigenvalue weighted by molar-refractivity contribution is -0.208. The summed E-state index contributed by atoms with van der Waals surface area (Å²) in [6.07, 6.45) is 2.93. The van der Waals surface area contributed by atoms with Gasteiger partial charge in [-0.25, -0.2) is 14.1 Å². The highest BCUT2D eigenvalue weighted by Crippen LogP contribution is 2.36. The van der Waals surface area contributed by atoms with E-state index in [1.54, 1.807) is 23.1 Å². The van der Waals surface area contributed by atoms with Crippen LogP contribution in [0.15, 0.2) is 36.9 Å². The third-order valence-electron chi connectivity index (χ3n) is 4.49. The lowest BCUT2D eigenvalue weighted by Crippen LogP contribution is -2.50. The predicted octanol–water partition coefficient (Wildman–Crippen LogP) is 2.14. The van der Waals surface area contributed by atoms with Crippen LogP contribution in [0.2, 0.25) is 0 Å². The van der Waals surface area contributed by atoms with E-state index in [-0.39, 0.29) is 18.7 Å². The van der Waals surface area contributed by atoms with Crippen molar-refractivity contribution in [3.8, 4) is 0 Å². The SMILES string of the molecule is CC(=O)OC(C(Cc1ccc(F)cc1)n1cncn1)C1(C)COCOC1. The maximum atomic E-state index is 13.2. The molecule has 0 radical (unpaired) electrons. The van der Waals surface area contributed by atoms with Crippen molar-refractivity contribution >= 4 is 5.97 Å². The van der Waals surface area contributed by atoms with Crippen molar-refractivity contribution in [3.05, 3.63) is 48.3 Å². The van der Waals surface area contributed by atoms with E-state index in [4.69, 9.17) is 14.2 Å². The van der Waals surface area contributed by atoms with Gasteiger partial charge < -0.3 is 14.2 Å². The molecule has 1 aromatic heterocycles. The van der Waals surface area contributed by atoms with E-state index in [0.29, 0.717) is 19.6 Å². The maximum Gasteiger partial charge on any atom is 0.303 e. The molecular weight excluding hydrogens is 341 g/mol. The summed E-state index contributed by atoms with van der Waals surface area (Å²) in [7, 11) is 0. The number of hydrogen-bond acceptors (Lipinski definition) is 6. The van der Waals surface area contributed by atoms with E-state index in [9.17, 15) is 9.18 Å². The number of benzene rings is 1. The molecule has 0 N–H and O–H groups in total. The van der Waals surface area contributed by atoms with E-state index in [1.165, 1.54) is 25.4 Å². The zero-order valence-electron chi connectivity index (χ0n) is 14.8. The van der Waals surface area contributed by atoms with Crippen LogP contribution in [-0.4, -0.2) is 46.8 Å². The number of hydrogen-bond donors (Lipinski definition) is 0. The number of aromatic nitrogens is 3. The monoisotopic (exact) mass is 363 g/mol. The van der Waals surface area contributed by atoms with E-state index in [1.807, 2.05) is 6.92 Å². The van der Waals surface area contributed by atoms with Crippen LogP contribution in [0.3, 0.4) is 0 Å². The van der Waals surface area contributed by atoms with Crippen LogP contribution < -0.4 is 0 Å². The lowest BCUT2D eigenvalue weighted by atomic mass is 9.79. The van der Waals surface area contributed by atoms with Gasteiger partial charge in [0.25, 0.3) is 0 Å². The molecule has 2 unspecified atom stereocenters. The molecule has 2 atom stereocenters. The van der Waals surface area contributed by atoms with Crippen LogP contribution >= 0.6 is 0 Å². The first-order chi connectivity index (χ1) is 12.5. The van der Waals surface area contributed by atoms with Crippen LogP contribution in [0.4, 0.5) is 4.39 Å². The Bertz CT molecular complexity index is 715. The Morgan fingerprint density at radius 1 is 1.35 bits per heavy atom. The quantitative estimate of drug-likeness (QED) is 0.732. The normalized spacial score (nSPS) is 18.9. The minimum atomic E-state index is -0.563. The van der Waals surface area contributed by atoms with Crippen molar-refractivity contribution < 1.29 is 23.4 Å². The molecule has 0 amide bonds. The molecule has 7 nitrogen and oxygen atoms in total. The van der Waals surface area contributed by atoms with Gasteiger partial charge >= 0.3 is 5.97 Å². The second kappa shape index (κ2) is 7.92. The van der Waals surface area contributed by atoms with Crippen LogP contribution in [-0.2, 0) is 25.4 Å². The van der Waals surface area contributed by atoms with Crippen molar-refractivity contribution in [1.82, 2.24) is 14.8 Å². The minimum absolute atomic E-state index is 0.217. The highest BCUT2D eigenvalue weighted by atomic mass is 19.1. The average Bonchev–Trinajstić information content (AvgIpc) is 3.14. The predicted molar refractivity (Wildman–Crippen MR) is 89.6 cm³/mol. The molecule has 1 aliphatic heterocycles. The number of ether oxygens (including phenoxy) is 3. The highest BCUT2D eigenvalue weighted by Gasteiger charge is 2.45. The number of carbonyl (C=O) groups is 1. The molecule has 1 fully saturated rings. The lowest BCUT2D eigenvalue weighted by Gasteiger charge is -2.42. The molecule has 3 rings (SSSR count). The standard InChI is InChI=1S/C18H22FN3O4/c1-13(23)26-17(18(2)8-24-12-25-9-18)16(22-11-20-10-21-22)7-14-3-5-15(19)6-4-14/h3-6,10-11,16-17H,7-9,12H2,1-2H3. The molecule has 26 heavy (non-hydrogen) atoms. The maximum absolute atomic E-state index is 13.2. The molecule has 1 saturated heterocycles. The number of rotatable bonds is 6. The van der Waals surface area contributed by atoms with Crippen LogP contribution in [0.1, 0.15) is 25.5 Å². The summed E-state index contributed by atoms with van der Waals surface area (Å²) in [6, 6.07) is 5.88. The molecule has 2 heterocycles. The molecule has 8 heteroatoms. The zero-order chi connectivity index (χ0) is 18.6. The van der Waals surface area contributed by atoms with Crippen LogP contribution in [0.25, 0.3) is 0 Å². The first-order valence-electron chi connectivity index (χ1n) is 8.39. The summed E-state index contributed by atoms with van der Waals surface area (Å²) in [4.78, 5) is 15.8. The highest BCUT2D eigenvalue weighted by molar-refractivity contribution is 5.66. The van der Waals surface area contributed by atoms with Gasteiger partial charge in [0.15, 0.2) is 0 Å². The Labute approximate surface area is 151 Å². The first kappa shape index (κ1) is 18.5. The summed E-state index contributed by atoms with van der Waals surface area (Å²) in [5.74, 6) is -0.699. The first-order valence-corrected chi connectivity index (χ1v) is 8.39. The Kier molecular flexibility index (Phi) is 5.63. The van der Waals surface area contributed by atoms with Gasteiger partial charge in [-0.05, 0) is 24.1 Å².